The van der Waals surface area contributed by atoms with Gasteiger partial charge in [-0.2, -0.15) is 0 Å². The van der Waals surface area contributed by atoms with E-state index in [1.807, 2.05) is 0 Å². The third-order valence-electron chi connectivity index (χ3n) is 2.28. The summed E-state index contributed by atoms with van der Waals surface area (Å²) in [5, 5.41) is 5.81. The molecule has 1 aromatic carbocycles. The lowest BCUT2D eigenvalue weighted by atomic mass is 10.2. The number of para-hydroxylation sites is 1. The fraction of sp³-hybridized carbons (Fsp3) is 0.308. The van der Waals surface area contributed by atoms with Crippen molar-refractivity contribution in [2.75, 3.05) is 13.6 Å². The van der Waals surface area contributed by atoms with Crippen molar-refractivity contribution in [3.63, 3.8) is 0 Å². The van der Waals surface area contributed by atoms with Crippen molar-refractivity contribution >= 4 is 5.96 Å². The minimum Gasteiger partial charge on any atom is -0.405 e. The summed E-state index contributed by atoms with van der Waals surface area (Å²) in [5.41, 5.74) is 0.381. The van der Waals surface area contributed by atoms with Crippen LogP contribution < -0.4 is 15.4 Å². The Morgan fingerprint density at radius 2 is 2.05 bits per heavy atom. The highest BCUT2D eigenvalue weighted by molar-refractivity contribution is 5.79. The largest absolute Gasteiger partial charge is 0.573 e. The van der Waals surface area contributed by atoms with Gasteiger partial charge >= 0.3 is 6.36 Å². The minimum atomic E-state index is -4.71. The molecule has 0 saturated heterocycles. The Bertz CT molecular complexity index is 472. The number of hydrogen-bond acceptors (Lipinski definition) is 2. The highest BCUT2D eigenvalue weighted by atomic mass is 19.4. The van der Waals surface area contributed by atoms with Crippen LogP contribution in [0.4, 0.5) is 13.2 Å². The van der Waals surface area contributed by atoms with Crippen molar-refractivity contribution in [2.45, 2.75) is 12.9 Å². The van der Waals surface area contributed by atoms with Crippen LogP contribution in [0.25, 0.3) is 0 Å². The second-order valence-corrected chi connectivity index (χ2v) is 3.75. The van der Waals surface area contributed by atoms with Crippen molar-refractivity contribution in [1.82, 2.24) is 10.6 Å². The number of nitrogens with one attached hydrogen (secondary N) is 2. The summed E-state index contributed by atoms with van der Waals surface area (Å²) in [6.07, 6.45) is -3.06. The van der Waals surface area contributed by atoms with Gasteiger partial charge in [0.25, 0.3) is 0 Å². The van der Waals surface area contributed by atoms with Crippen molar-refractivity contribution in [3.8, 4) is 5.75 Å². The molecule has 0 bridgehead atoms. The molecule has 0 saturated carbocycles. The molecule has 0 atom stereocenters. The molecule has 0 radical (unpaired) electrons. The molecule has 0 spiro atoms. The monoisotopic (exact) mass is 287 g/mol. The predicted octanol–water partition coefficient (Wildman–Crippen LogP) is 2.44. The molecule has 0 aliphatic heterocycles. The molecule has 0 unspecified atom stereocenters. The first-order chi connectivity index (χ1) is 9.46. The standard InChI is InChI=1S/C13H16F3N3O/c1-3-8-18-12(17-2)19-9-10-6-4-5-7-11(10)20-13(14,15)16/h3-7H,1,8-9H2,2H3,(H2,17,18,19). The van der Waals surface area contributed by atoms with E-state index < -0.39 is 6.36 Å². The van der Waals surface area contributed by atoms with Crippen LogP contribution in [0, 0.1) is 0 Å². The van der Waals surface area contributed by atoms with Crippen molar-refractivity contribution in [3.05, 3.63) is 42.5 Å². The third kappa shape index (κ3) is 5.64. The lowest BCUT2D eigenvalue weighted by molar-refractivity contribution is -0.274. The Kier molecular flexibility index (Phi) is 5.89. The van der Waals surface area contributed by atoms with Crippen LogP contribution in [0.15, 0.2) is 41.9 Å². The number of alkyl halides is 3. The van der Waals surface area contributed by atoms with Gasteiger partial charge in [-0.05, 0) is 6.07 Å². The number of ether oxygens (including phenoxy) is 1. The van der Waals surface area contributed by atoms with Crippen LogP contribution in [0.5, 0.6) is 5.75 Å². The maximum Gasteiger partial charge on any atom is 0.573 e. The van der Waals surface area contributed by atoms with Crippen LogP contribution in [0.2, 0.25) is 0 Å². The molecule has 1 rings (SSSR count). The van der Waals surface area contributed by atoms with Crippen molar-refractivity contribution in [1.29, 1.82) is 0 Å². The van der Waals surface area contributed by atoms with Crippen molar-refractivity contribution < 1.29 is 17.9 Å². The quantitative estimate of drug-likeness (QED) is 0.497. The van der Waals surface area contributed by atoms with E-state index >= 15 is 0 Å². The lowest BCUT2D eigenvalue weighted by Gasteiger charge is -2.15. The lowest BCUT2D eigenvalue weighted by Crippen LogP contribution is -2.36. The van der Waals surface area contributed by atoms with Gasteiger partial charge in [0, 0.05) is 25.7 Å². The van der Waals surface area contributed by atoms with Gasteiger partial charge in [0.2, 0.25) is 0 Å². The van der Waals surface area contributed by atoms with Crippen LogP contribution in [0.3, 0.4) is 0 Å². The Hall–Kier alpha value is -2.18. The number of rotatable bonds is 5. The predicted molar refractivity (Wildman–Crippen MR) is 71.5 cm³/mol. The van der Waals surface area contributed by atoms with E-state index in [4.69, 9.17) is 0 Å². The Labute approximate surface area is 115 Å². The van der Waals surface area contributed by atoms with E-state index in [1.165, 1.54) is 12.1 Å². The van der Waals surface area contributed by atoms with Crippen molar-refractivity contribution in [2.24, 2.45) is 4.99 Å². The molecular weight excluding hydrogens is 271 g/mol. The number of hydrogen-bond donors (Lipinski definition) is 2. The van der Waals surface area contributed by atoms with Gasteiger partial charge in [0.05, 0.1) is 0 Å². The topological polar surface area (TPSA) is 45.7 Å². The summed E-state index contributed by atoms with van der Waals surface area (Å²) in [4.78, 5) is 3.93. The molecule has 4 nitrogen and oxygen atoms in total. The molecule has 110 valence electrons. The molecule has 7 heteroatoms. The highest BCUT2D eigenvalue weighted by Crippen LogP contribution is 2.25. The molecule has 0 aliphatic rings. The third-order valence-corrected chi connectivity index (χ3v) is 2.28. The highest BCUT2D eigenvalue weighted by Gasteiger charge is 2.31. The Balaban J connectivity index is 2.70. The molecule has 0 aromatic heterocycles. The fourth-order valence-corrected chi connectivity index (χ4v) is 1.44. The summed E-state index contributed by atoms with van der Waals surface area (Å²) in [6.45, 7) is 4.21. The van der Waals surface area contributed by atoms with Gasteiger partial charge in [-0.3, -0.25) is 4.99 Å². The number of aliphatic imine (C=N–C) groups is 1. The smallest absolute Gasteiger partial charge is 0.405 e. The maximum atomic E-state index is 12.3. The van der Waals surface area contributed by atoms with E-state index in [1.54, 1.807) is 25.3 Å². The second-order valence-electron chi connectivity index (χ2n) is 3.75. The Morgan fingerprint density at radius 3 is 2.65 bits per heavy atom. The van der Waals surface area contributed by atoms with E-state index in [0.717, 1.165) is 0 Å². The normalized spacial score (nSPS) is 11.9. The van der Waals surface area contributed by atoms with Gasteiger partial charge in [0.15, 0.2) is 5.96 Å². The summed E-state index contributed by atoms with van der Waals surface area (Å²) < 4.78 is 40.8. The average Bonchev–Trinajstić information content (AvgIpc) is 2.39. The van der Waals surface area contributed by atoms with Crippen LogP contribution in [-0.4, -0.2) is 25.9 Å². The molecule has 0 aliphatic carbocycles. The SMILES string of the molecule is C=CCNC(=NC)NCc1ccccc1OC(F)(F)F. The number of guanidine groups is 1. The molecule has 0 fully saturated rings. The van der Waals surface area contributed by atoms with E-state index in [-0.39, 0.29) is 12.3 Å². The summed E-state index contributed by atoms with van der Waals surface area (Å²) in [5.74, 6) is 0.235. The van der Waals surface area contributed by atoms with Gasteiger partial charge in [-0.1, -0.05) is 24.3 Å². The summed E-state index contributed by atoms with van der Waals surface area (Å²) in [6, 6.07) is 5.94. The second kappa shape index (κ2) is 7.42. The minimum absolute atomic E-state index is 0.156. The van der Waals surface area contributed by atoms with Gasteiger partial charge in [-0.25, -0.2) is 0 Å². The van der Waals surface area contributed by atoms with Crippen LogP contribution in [-0.2, 0) is 6.54 Å². The molecule has 0 amide bonds. The molecule has 1 aromatic rings. The zero-order valence-electron chi connectivity index (χ0n) is 11.0. The first kappa shape index (κ1) is 15.9. The number of benzene rings is 1. The van der Waals surface area contributed by atoms with E-state index in [2.05, 4.69) is 26.9 Å². The Morgan fingerprint density at radius 1 is 1.35 bits per heavy atom. The number of halogens is 3. The van der Waals surface area contributed by atoms with E-state index in [0.29, 0.717) is 18.1 Å². The van der Waals surface area contributed by atoms with Crippen LogP contribution in [0.1, 0.15) is 5.56 Å². The first-order valence-corrected chi connectivity index (χ1v) is 5.85. The van der Waals surface area contributed by atoms with E-state index in [9.17, 15) is 13.2 Å². The van der Waals surface area contributed by atoms with Gasteiger partial charge in [0.1, 0.15) is 5.75 Å². The molecular formula is C13H16F3N3O. The van der Waals surface area contributed by atoms with Crippen LogP contribution >= 0.6 is 0 Å². The summed E-state index contributed by atoms with van der Waals surface area (Å²) in [7, 11) is 1.57. The fourth-order valence-electron chi connectivity index (χ4n) is 1.44. The maximum absolute atomic E-state index is 12.3. The molecule has 2 N–H and O–H groups in total. The zero-order valence-corrected chi connectivity index (χ0v) is 11.0. The zero-order chi connectivity index (χ0) is 15.0. The first-order valence-electron chi connectivity index (χ1n) is 5.85. The van der Waals surface area contributed by atoms with Gasteiger partial charge in [-0.15, -0.1) is 19.8 Å². The summed E-state index contributed by atoms with van der Waals surface area (Å²) >= 11 is 0. The average molecular weight is 287 g/mol. The van der Waals surface area contributed by atoms with Gasteiger partial charge < -0.3 is 15.4 Å². The molecule has 20 heavy (non-hydrogen) atoms. The number of nitrogens with zero attached hydrogens (tertiary/aromatic N) is 1. The molecule has 0 heterocycles.